The highest BCUT2D eigenvalue weighted by atomic mass is 16.1. The summed E-state index contributed by atoms with van der Waals surface area (Å²) in [5, 5.41) is 11.2. The Bertz CT molecular complexity index is 813. The number of fused-ring (bicyclic) bond motifs is 1. The molecule has 0 saturated carbocycles. The Balaban J connectivity index is 1.98. The average Bonchev–Trinajstić information content (AvgIpc) is 3.10. The number of benzene rings is 1. The third-order valence-electron chi connectivity index (χ3n) is 3.76. The molecule has 2 aromatic heterocycles. The fourth-order valence-corrected chi connectivity index (χ4v) is 2.56. The number of H-pyrrole nitrogens is 1. The average molecular weight is 296 g/mol. The highest BCUT2D eigenvalue weighted by molar-refractivity contribution is 5.92. The van der Waals surface area contributed by atoms with E-state index in [1.54, 1.807) is 0 Å². The maximum Gasteiger partial charge on any atom is 0.228 e. The summed E-state index contributed by atoms with van der Waals surface area (Å²) in [5.41, 5.74) is 3.17. The zero-order valence-corrected chi connectivity index (χ0v) is 13.1. The molecule has 0 aliphatic carbocycles. The zero-order valence-electron chi connectivity index (χ0n) is 13.1. The van der Waals surface area contributed by atoms with E-state index in [1.807, 2.05) is 32.0 Å². The first-order chi connectivity index (χ1) is 10.6. The number of aromatic nitrogens is 3. The predicted molar refractivity (Wildman–Crippen MR) is 88.7 cm³/mol. The Hall–Kier alpha value is -2.56. The smallest absolute Gasteiger partial charge is 0.228 e. The summed E-state index contributed by atoms with van der Waals surface area (Å²) in [6.45, 7) is 6.71. The second-order valence-electron chi connectivity index (χ2n) is 5.64. The fourth-order valence-electron chi connectivity index (χ4n) is 2.56. The molecule has 2 N–H and O–H groups in total. The largest absolute Gasteiger partial charge is 0.340 e. The van der Waals surface area contributed by atoms with Crippen molar-refractivity contribution in [2.75, 3.05) is 5.32 Å². The zero-order chi connectivity index (χ0) is 15.7. The lowest BCUT2D eigenvalue weighted by molar-refractivity contribution is -0.118. The molecule has 2 heterocycles. The van der Waals surface area contributed by atoms with Crippen molar-refractivity contribution in [3.8, 4) is 11.4 Å². The van der Waals surface area contributed by atoms with Gasteiger partial charge < -0.3 is 9.88 Å². The molecule has 0 radical (unpaired) electrons. The number of carbonyl (C=O) groups excluding carboxylic acids is 1. The minimum absolute atomic E-state index is 0.0333. The van der Waals surface area contributed by atoms with Crippen LogP contribution in [0.25, 0.3) is 22.3 Å². The summed E-state index contributed by atoms with van der Waals surface area (Å²) < 4.78 is 2.23. The van der Waals surface area contributed by atoms with Gasteiger partial charge in [-0.15, -0.1) is 0 Å². The van der Waals surface area contributed by atoms with E-state index in [4.69, 9.17) is 0 Å². The first-order valence-corrected chi connectivity index (χ1v) is 7.55. The van der Waals surface area contributed by atoms with Crippen LogP contribution in [-0.4, -0.2) is 20.7 Å². The molecule has 0 unspecified atom stereocenters. The number of aryl methyl sites for hydroxylation is 1. The quantitative estimate of drug-likeness (QED) is 0.772. The van der Waals surface area contributed by atoms with Crippen LogP contribution in [0, 0.1) is 5.92 Å². The van der Waals surface area contributed by atoms with Gasteiger partial charge in [0.1, 0.15) is 0 Å². The van der Waals surface area contributed by atoms with Gasteiger partial charge in [0.25, 0.3) is 0 Å². The van der Waals surface area contributed by atoms with Crippen molar-refractivity contribution >= 4 is 22.6 Å². The lowest BCUT2D eigenvalue weighted by Gasteiger charge is -2.05. The number of nitrogens with one attached hydrogen (secondary N) is 2. The standard InChI is InChI=1S/C17H20N4O/c1-4-21-14-8-6-5-7-12(14)9-15(21)13-10-16(20-19-13)18-17(22)11(2)3/h5-11H,4H2,1-3H3,(H2,18,19,20,22). The minimum Gasteiger partial charge on any atom is -0.340 e. The Morgan fingerprint density at radius 2 is 2.09 bits per heavy atom. The van der Waals surface area contributed by atoms with Crippen molar-refractivity contribution in [3.05, 3.63) is 36.4 Å². The van der Waals surface area contributed by atoms with Crippen LogP contribution in [0.5, 0.6) is 0 Å². The summed E-state index contributed by atoms with van der Waals surface area (Å²) in [7, 11) is 0. The van der Waals surface area contributed by atoms with Crippen LogP contribution >= 0.6 is 0 Å². The van der Waals surface area contributed by atoms with Gasteiger partial charge in [-0.25, -0.2) is 0 Å². The molecular formula is C17H20N4O. The van der Waals surface area contributed by atoms with E-state index in [9.17, 15) is 4.79 Å². The molecule has 0 aliphatic rings. The van der Waals surface area contributed by atoms with Gasteiger partial charge in [-0.1, -0.05) is 32.0 Å². The number of aromatic amines is 1. The van der Waals surface area contributed by atoms with Gasteiger partial charge in [0.15, 0.2) is 5.82 Å². The van der Waals surface area contributed by atoms with Crippen LogP contribution in [0.15, 0.2) is 36.4 Å². The molecule has 114 valence electrons. The predicted octanol–water partition coefficient (Wildman–Crippen LogP) is 3.65. The molecule has 5 heteroatoms. The third kappa shape index (κ3) is 2.50. The molecular weight excluding hydrogens is 276 g/mol. The molecule has 0 atom stereocenters. The van der Waals surface area contributed by atoms with Crippen LogP contribution in [-0.2, 0) is 11.3 Å². The van der Waals surface area contributed by atoms with Crippen LogP contribution in [0.3, 0.4) is 0 Å². The number of amides is 1. The van der Waals surface area contributed by atoms with E-state index in [0.29, 0.717) is 5.82 Å². The monoisotopic (exact) mass is 296 g/mol. The van der Waals surface area contributed by atoms with Gasteiger partial charge in [0.2, 0.25) is 5.91 Å². The number of anilines is 1. The molecule has 22 heavy (non-hydrogen) atoms. The van der Waals surface area contributed by atoms with Crippen molar-refractivity contribution in [1.29, 1.82) is 0 Å². The van der Waals surface area contributed by atoms with Gasteiger partial charge in [-0.3, -0.25) is 9.89 Å². The minimum atomic E-state index is -0.0674. The summed E-state index contributed by atoms with van der Waals surface area (Å²) >= 11 is 0. The Labute approximate surface area is 129 Å². The van der Waals surface area contributed by atoms with E-state index >= 15 is 0 Å². The van der Waals surface area contributed by atoms with Gasteiger partial charge in [-0.05, 0) is 19.1 Å². The Morgan fingerprint density at radius 1 is 1.32 bits per heavy atom. The second-order valence-corrected chi connectivity index (χ2v) is 5.64. The normalized spacial score (nSPS) is 11.3. The van der Waals surface area contributed by atoms with E-state index in [1.165, 1.54) is 10.9 Å². The molecule has 3 aromatic rings. The molecule has 0 aliphatic heterocycles. The summed E-state index contributed by atoms with van der Waals surface area (Å²) in [5.74, 6) is 0.456. The van der Waals surface area contributed by atoms with Crippen LogP contribution in [0.1, 0.15) is 20.8 Å². The second kappa shape index (κ2) is 5.67. The maximum absolute atomic E-state index is 11.8. The Kier molecular flexibility index (Phi) is 3.71. The first-order valence-electron chi connectivity index (χ1n) is 7.55. The summed E-state index contributed by atoms with van der Waals surface area (Å²) in [6.07, 6.45) is 0. The van der Waals surface area contributed by atoms with Crippen LogP contribution in [0.4, 0.5) is 5.82 Å². The van der Waals surface area contributed by atoms with Crippen molar-refractivity contribution in [3.63, 3.8) is 0 Å². The molecule has 0 bridgehead atoms. The van der Waals surface area contributed by atoms with Crippen molar-refractivity contribution in [2.45, 2.75) is 27.3 Å². The highest BCUT2D eigenvalue weighted by Gasteiger charge is 2.14. The van der Waals surface area contributed by atoms with Crippen LogP contribution in [0.2, 0.25) is 0 Å². The van der Waals surface area contributed by atoms with E-state index < -0.39 is 0 Å². The van der Waals surface area contributed by atoms with Gasteiger partial charge in [0, 0.05) is 29.4 Å². The van der Waals surface area contributed by atoms with Crippen molar-refractivity contribution in [2.24, 2.45) is 5.92 Å². The first kappa shape index (κ1) is 14.4. The molecule has 0 spiro atoms. The van der Waals surface area contributed by atoms with Crippen LogP contribution < -0.4 is 5.32 Å². The molecule has 1 amide bonds. The van der Waals surface area contributed by atoms with Crippen molar-refractivity contribution < 1.29 is 4.79 Å². The summed E-state index contributed by atoms with van der Waals surface area (Å²) in [4.78, 5) is 11.8. The number of nitrogens with zero attached hydrogens (tertiary/aromatic N) is 2. The van der Waals surface area contributed by atoms with E-state index in [0.717, 1.165) is 17.9 Å². The molecule has 1 aromatic carbocycles. The molecule has 3 rings (SSSR count). The number of rotatable bonds is 4. The van der Waals surface area contributed by atoms with Gasteiger partial charge in [0.05, 0.1) is 11.4 Å². The molecule has 0 fully saturated rings. The summed E-state index contributed by atoms with van der Waals surface area (Å²) in [6, 6.07) is 12.3. The van der Waals surface area contributed by atoms with E-state index in [2.05, 4.69) is 45.2 Å². The number of hydrogen-bond acceptors (Lipinski definition) is 2. The lowest BCUT2D eigenvalue weighted by atomic mass is 10.2. The number of hydrogen-bond donors (Lipinski definition) is 2. The lowest BCUT2D eigenvalue weighted by Crippen LogP contribution is -2.17. The van der Waals surface area contributed by atoms with Crippen molar-refractivity contribution in [1.82, 2.24) is 14.8 Å². The fraction of sp³-hybridized carbons (Fsp3) is 0.294. The van der Waals surface area contributed by atoms with Gasteiger partial charge >= 0.3 is 0 Å². The molecule has 0 saturated heterocycles. The third-order valence-corrected chi connectivity index (χ3v) is 3.76. The topological polar surface area (TPSA) is 62.7 Å². The highest BCUT2D eigenvalue weighted by Crippen LogP contribution is 2.28. The number of para-hydroxylation sites is 1. The van der Waals surface area contributed by atoms with E-state index in [-0.39, 0.29) is 11.8 Å². The SMILES string of the molecule is CCn1c(-c2cc(NC(=O)C(C)C)n[nH]2)cc2ccccc21. The maximum atomic E-state index is 11.8. The number of carbonyl (C=O) groups is 1. The Morgan fingerprint density at radius 3 is 2.82 bits per heavy atom. The molecule has 5 nitrogen and oxygen atoms in total. The van der Waals surface area contributed by atoms with Gasteiger partial charge in [-0.2, -0.15) is 5.10 Å².